The molecular formula is C44H50F2N6O11S. The van der Waals surface area contributed by atoms with Crippen LogP contribution in [0, 0.1) is 0 Å². The summed E-state index contributed by atoms with van der Waals surface area (Å²) in [6, 6.07) is 7.25. The van der Waals surface area contributed by atoms with Crippen LogP contribution >= 0.6 is 11.3 Å². The second-order valence-electron chi connectivity index (χ2n) is 15.9. The molecule has 5 amide bonds. The zero-order chi connectivity index (χ0) is 46.5. The van der Waals surface area contributed by atoms with E-state index in [1.165, 1.54) is 22.8 Å². The number of likely N-dealkylation sites (tertiary alicyclic amines) is 1. The zero-order valence-corrected chi connectivity index (χ0v) is 36.9. The lowest BCUT2D eigenvalue weighted by Gasteiger charge is -2.38. The van der Waals surface area contributed by atoms with Crippen LogP contribution in [0.15, 0.2) is 47.4 Å². The van der Waals surface area contributed by atoms with Crippen LogP contribution in [0.4, 0.5) is 8.78 Å². The monoisotopic (exact) mass is 908 g/mol. The molecule has 64 heavy (non-hydrogen) atoms. The number of fused-ring (bicyclic) bond motifs is 2. The number of carboxylic acid groups (broad SMARTS) is 1. The lowest BCUT2D eigenvalue weighted by Crippen LogP contribution is -2.58. The summed E-state index contributed by atoms with van der Waals surface area (Å²) in [7, 11) is 8.62. The van der Waals surface area contributed by atoms with E-state index < -0.39 is 54.1 Å². The van der Waals surface area contributed by atoms with E-state index in [1.807, 2.05) is 31.1 Å². The first kappa shape index (κ1) is 47.2. The number of methoxy groups -OCH3 is 2. The van der Waals surface area contributed by atoms with Gasteiger partial charge in [-0.2, -0.15) is 0 Å². The molecule has 0 spiro atoms. The van der Waals surface area contributed by atoms with E-state index in [9.17, 15) is 28.8 Å². The third-order valence-electron chi connectivity index (χ3n) is 11.2. The number of ether oxygens (including phenoxy) is 3. The average molecular weight is 909 g/mol. The van der Waals surface area contributed by atoms with Crippen molar-refractivity contribution in [3.8, 4) is 28.4 Å². The molecule has 2 aromatic carbocycles. The summed E-state index contributed by atoms with van der Waals surface area (Å²) in [5.74, 6) is -4.66. The Hall–Kier alpha value is -6.25. The number of nitrogens with one attached hydrogen (secondary N) is 2. The fourth-order valence-corrected chi connectivity index (χ4v) is 9.22. The number of carbonyl (C=O) groups excluding carboxylic acids is 5. The summed E-state index contributed by atoms with van der Waals surface area (Å²) >= 11 is 1.07. The van der Waals surface area contributed by atoms with Crippen molar-refractivity contribution in [1.82, 2.24) is 29.9 Å². The van der Waals surface area contributed by atoms with Crippen LogP contribution in [-0.2, 0) is 28.0 Å². The Morgan fingerprint density at radius 3 is 2.31 bits per heavy atom. The molecule has 20 heteroatoms. The number of amides is 5. The number of nitrogens with zero attached hydrogens (tertiary/aromatic N) is 4. The van der Waals surface area contributed by atoms with Crippen LogP contribution in [0.1, 0.15) is 74.5 Å². The van der Waals surface area contributed by atoms with E-state index in [2.05, 4.69) is 10.6 Å². The average Bonchev–Trinajstić information content (AvgIpc) is 3.80. The van der Waals surface area contributed by atoms with Gasteiger partial charge in [-0.3, -0.25) is 48.7 Å². The minimum absolute atomic E-state index is 0.0279. The summed E-state index contributed by atoms with van der Waals surface area (Å²) in [4.78, 5) is 89.8. The van der Waals surface area contributed by atoms with Crippen LogP contribution in [0.25, 0.3) is 21.2 Å². The molecule has 2 fully saturated rings. The van der Waals surface area contributed by atoms with Crippen molar-refractivity contribution in [2.75, 3.05) is 54.6 Å². The molecule has 5 heterocycles. The number of benzene rings is 2. The highest BCUT2D eigenvalue weighted by atomic mass is 32.1. The Kier molecular flexibility index (Phi) is 14.8. The quantitative estimate of drug-likeness (QED) is 0.0873. The van der Waals surface area contributed by atoms with Gasteiger partial charge in [0, 0.05) is 43.0 Å². The molecular weight excluding hydrogens is 859 g/mol. The first-order valence-corrected chi connectivity index (χ1v) is 21.3. The summed E-state index contributed by atoms with van der Waals surface area (Å²) in [5, 5.41) is 11.9. The smallest absolute Gasteiger partial charge is 0.290 e. The van der Waals surface area contributed by atoms with Gasteiger partial charge in [0.15, 0.2) is 0 Å². The van der Waals surface area contributed by atoms with Gasteiger partial charge in [0.2, 0.25) is 11.8 Å². The van der Waals surface area contributed by atoms with Crippen molar-refractivity contribution >= 4 is 57.4 Å². The molecule has 0 radical (unpaired) electrons. The van der Waals surface area contributed by atoms with E-state index in [0.717, 1.165) is 21.8 Å². The molecule has 3 aliphatic heterocycles. The van der Waals surface area contributed by atoms with E-state index in [1.54, 1.807) is 38.4 Å². The lowest BCUT2D eigenvalue weighted by atomic mass is 10.00. The molecule has 2 aromatic heterocycles. The minimum atomic E-state index is -3.20. The number of piperidine rings is 2. The first-order chi connectivity index (χ1) is 30.5. The van der Waals surface area contributed by atoms with E-state index in [4.69, 9.17) is 24.1 Å². The van der Waals surface area contributed by atoms with Gasteiger partial charge in [0.25, 0.3) is 35.7 Å². The molecule has 342 valence electrons. The van der Waals surface area contributed by atoms with Crippen LogP contribution in [0.3, 0.4) is 0 Å². The number of hydrogen-bond acceptors (Lipinski definition) is 13. The number of unbranched alkanes of at least 4 members (excludes halogenated alkanes) is 2. The summed E-state index contributed by atoms with van der Waals surface area (Å²) < 4.78 is 50.3. The first-order valence-electron chi connectivity index (χ1n) is 20.5. The van der Waals surface area contributed by atoms with Crippen molar-refractivity contribution in [3.63, 3.8) is 0 Å². The van der Waals surface area contributed by atoms with Gasteiger partial charge in [-0.1, -0.05) is 0 Å². The number of aryl methyl sites for hydroxylation is 1. The molecule has 0 saturated carbocycles. The molecule has 17 nitrogen and oxygen atoms in total. The number of aromatic nitrogens is 1. The largest absolute Gasteiger partial charge is 0.496 e. The minimum Gasteiger partial charge on any atom is -0.496 e. The Labute approximate surface area is 370 Å². The maximum atomic E-state index is 15.6. The highest BCUT2D eigenvalue weighted by Gasteiger charge is 2.46. The molecule has 2 atom stereocenters. The van der Waals surface area contributed by atoms with Crippen LogP contribution in [-0.4, -0.2) is 133 Å². The maximum Gasteiger partial charge on any atom is 0.290 e. The molecule has 7 rings (SSSR count). The molecule has 3 aliphatic rings. The number of alkyl halides is 2. The number of imide groups is 2. The highest BCUT2D eigenvalue weighted by Crippen LogP contribution is 2.40. The third kappa shape index (κ3) is 10.1. The number of thiophene rings is 1. The number of rotatable bonds is 15. The topological polar surface area (TPSA) is 206 Å². The predicted octanol–water partition coefficient (Wildman–Crippen LogP) is 4.14. The Morgan fingerprint density at radius 1 is 0.984 bits per heavy atom. The zero-order valence-electron chi connectivity index (χ0n) is 36.0. The molecule has 0 aliphatic carbocycles. The second kappa shape index (κ2) is 20.1. The summed E-state index contributed by atoms with van der Waals surface area (Å²) in [6.07, 6.45) is 3.73. The number of hydrogen-bond donors (Lipinski definition) is 3. The summed E-state index contributed by atoms with van der Waals surface area (Å²) in [6.45, 7) is 0.871. The van der Waals surface area contributed by atoms with E-state index >= 15 is 8.78 Å². The number of halogens is 2. The third-order valence-corrected chi connectivity index (χ3v) is 12.4. The van der Waals surface area contributed by atoms with Gasteiger partial charge < -0.3 is 34.1 Å². The molecule has 2 saturated heterocycles. The molecule has 0 bridgehead atoms. The number of carbonyl (C=O) groups is 6. The predicted molar refractivity (Wildman–Crippen MR) is 231 cm³/mol. The lowest BCUT2D eigenvalue weighted by molar-refractivity contribution is -0.136. The van der Waals surface area contributed by atoms with Gasteiger partial charge in [-0.15, -0.1) is 11.3 Å². The van der Waals surface area contributed by atoms with Gasteiger partial charge in [0.05, 0.1) is 60.4 Å². The van der Waals surface area contributed by atoms with E-state index in [0.29, 0.717) is 84.0 Å². The Bertz CT molecular complexity index is 2500. The Morgan fingerprint density at radius 2 is 1.67 bits per heavy atom. The van der Waals surface area contributed by atoms with Gasteiger partial charge in [-0.05, 0) is 94.7 Å². The standard InChI is InChI=1S/C43H48F2N6O9S.CH2O2/c1-48(2)21-30-32(58-4)17-24(18-33(30)59-5)29-22-49(3)40(55)28-20-34(61-37(28)29)39(54)46-35-13-15-50(23-43(35,44)45)14-7-6-8-16-60-25-9-10-26-27(19-25)42(57)51(41(26)56)31-11-12-36(52)47-38(31)53;2-1-3/h9-10,17-20,22,31,35H,6-8,11-16,21,23H2,1-5H3,(H,46,54)(H,47,52,53);1H,(H,2,3). The maximum absolute atomic E-state index is 15.6. The van der Waals surface area contributed by atoms with E-state index in [-0.39, 0.29) is 47.3 Å². The number of pyridine rings is 1. The van der Waals surface area contributed by atoms with Gasteiger partial charge in [-0.25, -0.2) is 8.78 Å². The molecule has 4 aromatic rings. The van der Waals surface area contributed by atoms with Crippen LogP contribution in [0.2, 0.25) is 0 Å². The molecule has 2 unspecified atom stereocenters. The van der Waals surface area contributed by atoms with Crippen molar-refractivity contribution in [2.24, 2.45) is 7.05 Å². The SMILES string of the molecule is COc1cc(-c2cn(C)c(=O)c3cc(C(=O)NC4CCN(CCCCCOc5ccc6c(c5)C(=O)N(C5CCC(=O)NC5=O)C6=O)CC4(F)F)sc23)cc(OC)c1CN(C)C.O=CO. The normalized spacial score (nSPS) is 18.3. The fraction of sp³-hybridized carbons (Fsp3) is 0.432. The van der Waals surface area contributed by atoms with Crippen LogP contribution < -0.4 is 30.4 Å². The van der Waals surface area contributed by atoms with Crippen molar-refractivity contribution in [1.29, 1.82) is 0 Å². The Balaban J connectivity index is 0.00000220. The molecule has 3 N–H and O–H groups in total. The van der Waals surface area contributed by atoms with Crippen molar-refractivity contribution in [2.45, 2.75) is 63.1 Å². The fourth-order valence-electron chi connectivity index (χ4n) is 8.13. The summed E-state index contributed by atoms with van der Waals surface area (Å²) in [5.41, 5.74) is 2.17. The van der Waals surface area contributed by atoms with Crippen molar-refractivity contribution in [3.05, 3.63) is 74.5 Å². The highest BCUT2D eigenvalue weighted by molar-refractivity contribution is 7.21. The van der Waals surface area contributed by atoms with Crippen LogP contribution in [0.5, 0.6) is 17.2 Å². The van der Waals surface area contributed by atoms with Crippen molar-refractivity contribution < 1.29 is 56.9 Å². The second-order valence-corrected chi connectivity index (χ2v) is 17.0. The van der Waals surface area contributed by atoms with Gasteiger partial charge >= 0.3 is 0 Å². The van der Waals surface area contributed by atoms with Gasteiger partial charge in [0.1, 0.15) is 23.3 Å².